The average molecular weight is 505 g/mol. The van der Waals surface area contributed by atoms with Gasteiger partial charge < -0.3 is 10.3 Å². The smallest absolute Gasteiger partial charge is 0.267 e. The van der Waals surface area contributed by atoms with E-state index >= 15 is 0 Å². The van der Waals surface area contributed by atoms with E-state index in [-0.39, 0.29) is 32.5 Å². The van der Waals surface area contributed by atoms with E-state index in [0.29, 0.717) is 22.0 Å². The van der Waals surface area contributed by atoms with Crippen LogP contribution in [0.5, 0.6) is 0 Å². The third-order valence-electron chi connectivity index (χ3n) is 5.07. The molecule has 0 aliphatic heterocycles. The van der Waals surface area contributed by atoms with Crippen molar-refractivity contribution in [1.82, 2.24) is 29.5 Å². The molecule has 0 bridgehead atoms. The summed E-state index contributed by atoms with van der Waals surface area (Å²) < 4.78 is 15.4. The molecule has 5 aromatic rings. The lowest BCUT2D eigenvalue weighted by Gasteiger charge is -2.21. The Labute approximate surface area is 200 Å². The molecule has 0 saturated heterocycles. The highest BCUT2D eigenvalue weighted by Gasteiger charge is 2.23. The molecule has 2 N–H and O–H groups in total. The number of fused-ring (bicyclic) bond motifs is 2. The maximum Gasteiger partial charge on any atom is 0.267 e. The van der Waals surface area contributed by atoms with Gasteiger partial charge in [-0.15, -0.1) is 0 Å². The van der Waals surface area contributed by atoms with Crippen LogP contribution in [-0.2, 0) is 0 Å². The molecule has 3 heterocycles. The first-order valence-electron chi connectivity index (χ1n) is 9.62. The molecular weight excluding hydrogens is 492 g/mol. The number of benzene rings is 2. The van der Waals surface area contributed by atoms with Crippen LogP contribution in [0.15, 0.2) is 47.8 Å². The monoisotopic (exact) mass is 503 g/mol. The predicted octanol–water partition coefficient (Wildman–Crippen LogP) is 5.32. The van der Waals surface area contributed by atoms with Crippen LogP contribution in [0.4, 0.5) is 10.2 Å². The quantitative estimate of drug-likeness (QED) is 0.343. The van der Waals surface area contributed by atoms with Crippen molar-refractivity contribution >= 4 is 62.7 Å². The van der Waals surface area contributed by atoms with E-state index in [1.165, 1.54) is 29.4 Å². The van der Waals surface area contributed by atoms with Crippen molar-refractivity contribution in [2.45, 2.75) is 13.0 Å². The SMILES string of the molecule is C[C@@H](Nc1ncnc2nc[nH]c12)c1nc2ccc(F)c(Cl)c2c(=O)n1-c1cc(Cl)ccc1Cl. The maximum absolute atomic E-state index is 14.2. The molecule has 0 aliphatic carbocycles. The number of aromatic amines is 1. The number of halogens is 4. The van der Waals surface area contributed by atoms with Crippen molar-refractivity contribution in [2.24, 2.45) is 0 Å². The van der Waals surface area contributed by atoms with Gasteiger partial charge >= 0.3 is 0 Å². The molecule has 0 radical (unpaired) electrons. The number of nitrogens with zero attached hydrogens (tertiary/aromatic N) is 5. The van der Waals surface area contributed by atoms with E-state index in [2.05, 4.69) is 30.2 Å². The fourth-order valence-corrected chi connectivity index (χ4v) is 4.16. The van der Waals surface area contributed by atoms with E-state index < -0.39 is 17.4 Å². The summed E-state index contributed by atoms with van der Waals surface area (Å²) >= 11 is 18.7. The van der Waals surface area contributed by atoms with Gasteiger partial charge in [-0.3, -0.25) is 9.36 Å². The van der Waals surface area contributed by atoms with Crippen molar-refractivity contribution in [1.29, 1.82) is 0 Å². The minimum absolute atomic E-state index is 0.0679. The molecule has 0 aliphatic rings. The van der Waals surface area contributed by atoms with Gasteiger partial charge in [-0.1, -0.05) is 34.8 Å². The second kappa shape index (κ2) is 8.26. The summed E-state index contributed by atoms with van der Waals surface area (Å²) in [5, 5.41) is 3.44. The van der Waals surface area contributed by atoms with Gasteiger partial charge in [0.1, 0.15) is 23.5 Å². The van der Waals surface area contributed by atoms with Gasteiger partial charge in [0.2, 0.25) is 0 Å². The first-order chi connectivity index (χ1) is 15.8. The highest BCUT2D eigenvalue weighted by atomic mass is 35.5. The molecule has 3 aromatic heterocycles. The largest absolute Gasteiger partial charge is 0.358 e. The second-order valence-corrected chi connectivity index (χ2v) is 8.37. The van der Waals surface area contributed by atoms with Crippen LogP contribution >= 0.6 is 34.8 Å². The van der Waals surface area contributed by atoms with Crippen molar-refractivity contribution in [3.63, 3.8) is 0 Å². The molecule has 0 fully saturated rings. The fraction of sp³-hybridized carbons (Fsp3) is 0.0952. The Kier molecular flexibility index (Phi) is 5.40. The Balaban J connectivity index is 1.77. The van der Waals surface area contributed by atoms with Crippen molar-refractivity contribution in [3.05, 3.63) is 80.0 Å². The first-order valence-corrected chi connectivity index (χ1v) is 10.7. The van der Waals surface area contributed by atoms with Crippen LogP contribution in [-0.4, -0.2) is 29.5 Å². The average Bonchev–Trinajstić information content (AvgIpc) is 3.28. The predicted molar refractivity (Wildman–Crippen MR) is 126 cm³/mol. The molecule has 8 nitrogen and oxygen atoms in total. The highest BCUT2D eigenvalue weighted by molar-refractivity contribution is 6.35. The molecule has 5 rings (SSSR count). The zero-order chi connectivity index (χ0) is 23.3. The Hall–Kier alpha value is -3.27. The number of hydrogen-bond donors (Lipinski definition) is 2. The Morgan fingerprint density at radius 1 is 1.12 bits per heavy atom. The molecule has 1 atom stereocenters. The number of nitrogens with one attached hydrogen (secondary N) is 2. The van der Waals surface area contributed by atoms with Gasteiger partial charge in [0.05, 0.1) is 39.0 Å². The van der Waals surface area contributed by atoms with E-state index in [4.69, 9.17) is 34.8 Å². The zero-order valence-corrected chi connectivity index (χ0v) is 19.0. The molecule has 0 unspecified atom stereocenters. The molecule has 0 spiro atoms. The lowest BCUT2D eigenvalue weighted by molar-refractivity contribution is 0.629. The van der Waals surface area contributed by atoms with E-state index in [0.717, 1.165) is 6.07 Å². The van der Waals surface area contributed by atoms with E-state index in [9.17, 15) is 9.18 Å². The van der Waals surface area contributed by atoms with Crippen LogP contribution in [0.2, 0.25) is 15.1 Å². The molecular formula is C21H13Cl3FN7O. The van der Waals surface area contributed by atoms with Gasteiger partial charge in [-0.2, -0.15) is 0 Å². The summed E-state index contributed by atoms with van der Waals surface area (Å²) in [5.41, 5.74) is 0.987. The van der Waals surface area contributed by atoms with Gasteiger partial charge in [-0.05, 0) is 37.3 Å². The molecule has 166 valence electrons. The second-order valence-electron chi connectivity index (χ2n) is 7.15. The zero-order valence-electron chi connectivity index (χ0n) is 16.8. The van der Waals surface area contributed by atoms with Crippen LogP contribution in [0.25, 0.3) is 27.8 Å². The minimum atomic E-state index is -0.728. The Bertz CT molecular complexity index is 1600. The first kappa shape index (κ1) is 21.6. The molecule has 12 heteroatoms. The van der Waals surface area contributed by atoms with Crippen LogP contribution in [0.1, 0.15) is 18.8 Å². The standard InChI is InChI=1S/C21H13Cl3FN7O/c1-9(30-19-17-18(27-7-26-17)28-8-29-19)20-31-13-5-4-12(25)16(24)15(13)21(33)32(20)14-6-10(22)2-3-11(14)23/h2-9H,1H3,(H2,26,27,28,29,30)/t9-/m1/s1. The summed E-state index contributed by atoms with van der Waals surface area (Å²) in [6.45, 7) is 1.79. The van der Waals surface area contributed by atoms with Crippen LogP contribution < -0.4 is 10.9 Å². The summed E-state index contributed by atoms with van der Waals surface area (Å²) in [4.78, 5) is 33.7. The van der Waals surface area contributed by atoms with E-state index in [1.807, 2.05) is 0 Å². The maximum atomic E-state index is 14.2. The van der Waals surface area contributed by atoms with Crippen molar-refractivity contribution in [3.8, 4) is 5.69 Å². The number of rotatable bonds is 4. The van der Waals surface area contributed by atoms with Crippen LogP contribution in [0.3, 0.4) is 0 Å². The minimum Gasteiger partial charge on any atom is -0.358 e. The fourth-order valence-electron chi connectivity index (χ4n) is 3.55. The summed E-state index contributed by atoms with van der Waals surface area (Å²) in [6.07, 6.45) is 2.87. The number of aromatic nitrogens is 6. The Morgan fingerprint density at radius 3 is 2.76 bits per heavy atom. The number of anilines is 1. The lowest BCUT2D eigenvalue weighted by Crippen LogP contribution is -2.28. The number of hydrogen-bond acceptors (Lipinski definition) is 6. The van der Waals surface area contributed by atoms with Gasteiger partial charge in [-0.25, -0.2) is 24.3 Å². The molecule has 0 amide bonds. The van der Waals surface area contributed by atoms with Crippen molar-refractivity contribution < 1.29 is 4.39 Å². The van der Waals surface area contributed by atoms with Gasteiger partial charge in [0.15, 0.2) is 11.5 Å². The van der Waals surface area contributed by atoms with E-state index in [1.54, 1.807) is 19.1 Å². The topological polar surface area (TPSA) is 101 Å². The third kappa shape index (κ3) is 3.68. The number of imidazole rings is 1. The van der Waals surface area contributed by atoms with Crippen LogP contribution in [0, 0.1) is 5.82 Å². The van der Waals surface area contributed by atoms with Crippen molar-refractivity contribution in [2.75, 3.05) is 5.32 Å². The highest BCUT2D eigenvalue weighted by Crippen LogP contribution is 2.30. The summed E-state index contributed by atoms with van der Waals surface area (Å²) in [5.74, 6) is 0.0131. The molecule has 2 aromatic carbocycles. The summed E-state index contributed by atoms with van der Waals surface area (Å²) in [6, 6.07) is 6.67. The third-order valence-corrected chi connectivity index (χ3v) is 5.99. The number of H-pyrrole nitrogens is 1. The molecule has 0 saturated carbocycles. The van der Waals surface area contributed by atoms with Gasteiger partial charge in [0.25, 0.3) is 5.56 Å². The summed E-state index contributed by atoms with van der Waals surface area (Å²) in [7, 11) is 0. The Morgan fingerprint density at radius 2 is 1.94 bits per heavy atom. The molecule has 33 heavy (non-hydrogen) atoms. The normalized spacial score (nSPS) is 12.4. The van der Waals surface area contributed by atoms with Gasteiger partial charge in [0, 0.05) is 5.02 Å². The lowest BCUT2D eigenvalue weighted by atomic mass is 10.2.